The first kappa shape index (κ1) is 20.3. The smallest absolute Gasteiger partial charge is 0.328 e. The number of hydrogen-bond donors (Lipinski definition) is 7. The molecule has 0 spiro atoms. The third-order valence-electron chi connectivity index (χ3n) is 3.02. The van der Waals surface area contributed by atoms with Crippen molar-refractivity contribution in [3.63, 3.8) is 0 Å². The van der Waals surface area contributed by atoms with Crippen molar-refractivity contribution in [3.05, 3.63) is 11.8 Å². The first-order chi connectivity index (χ1) is 11.6. The highest BCUT2D eigenvalue weighted by atomic mass is 16.4. The molecule has 0 aliphatic rings. The van der Waals surface area contributed by atoms with Gasteiger partial charge in [0.1, 0.15) is 6.04 Å². The lowest BCUT2D eigenvalue weighted by Crippen LogP contribution is -2.52. The molecule has 1 aromatic heterocycles. The number of carbonyl (C=O) groups is 3. The highest BCUT2D eigenvalue weighted by Gasteiger charge is 2.28. The van der Waals surface area contributed by atoms with E-state index >= 15 is 0 Å². The Hall–Kier alpha value is -2.77. The predicted molar refractivity (Wildman–Crippen MR) is 79.6 cm³/mol. The summed E-state index contributed by atoms with van der Waals surface area (Å²) in [6.07, 6.45) is -1.59. The number of nitrogens with zero attached hydrogens (tertiary/aromatic N) is 2. The van der Waals surface area contributed by atoms with Crippen LogP contribution in [0.4, 0.5) is 4.79 Å². The topological polar surface area (TPSA) is 227 Å². The molecule has 13 nitrogen and oxygen atoms in total. The van der Waals surface area contributed by atoms with Crippen LogP contribution in [0.15, 0.2) is 4.42 Å². The van der Waals surface area contributed by atoms with Crippen LogP contribution in [0.2, 0.25) is 0 Å². The Bertz CT molecular complexity index is 619. The van der Waals surface area contributed by atoms with Crippen molar-refractivity contribution in [1.29, 1.82) is 0 Å². The van der Waals surface area contributed by atoms with Crippen LogP contribution in [0.5, 0.6) is 0 Å². The Morgan fingerprint density at radius 1 is 1.24 bits per heavy atom. The van der Waals surface area contributed by atoms with E-state index in [1.54, 1.807) is 0 Å². The van der Waals surface area contributed by atoms with Crippen molar-refractivity contribution in [2.24, 2.45) is 11.5 Å². The van der Waals surface area contributed by atoms with Gasteiger partial charge in [-0.3, -0.25) is 4.79 Å². The number of primary amides is 1. The Morgan fingerprint density at radius 2 is 1.84 bits per heavy atom. The first-order valence-electron chi connectivity index (χ1n) is 7.11. The van der Waals surface area contributed by atoms with Crippen molar-refractivity contribution < 1.29 is 34.1 Å². The van der Waals surface area contributed by atoms with E-state index in [0.29, 0.717) is 0 Å². The molecule has 0 aromatic carbocycles. The van der Waals surface area contributed by atoms with Crippen LogP contribution in [0.3, 0.4) is 0 Å². The summed E-state index contributed by atoms with van der Waals surface area (Å²) in [4.78, 5) is 33.5. The summed E-state index contributed by atoms with van der Waals surface area (Å²) < 4.78 is 5.18. The van der Waals surface area contributed by atoms with Gasteiger partial charge in [-0.15, -0.1) is 10.2 Å². The second-order valence-corrected chi connectivity index (χ2v) is 5.16. The third kappa shape index (κ3) is 5.98. The summed E-state index contributed by atoms with van der Waals surface area (Å²) in [5, 5.41) is 39.0. The molecule has 1 rings (SSSR count). The lowest BCUT2D eigenvalue weighted by atomic mass is 10.2. The van der Waals surface area contributed by atoms with E-state index in [0.717, 1.165) is 0 Å². The number of aromatic nitrogens is 2. The summed E-state index contributed by atoms with van der Waals surface area (Å²) >= 11 is 0. The van der Waals surface area contributed by atoms with E-state index < -0.39 is 48.7 Å². The van der Waals surface area contributed by atoms with Crippen molar-refractivity contribution in [1.82, 2.24) is 20.8 Å². The number of urea groups is 1. The average Bonchev–Trinajstić information content (AvgIpc) is 2.98. The Morgan fingerprint density at radius 3 is 2.32 bits per heavy atom. The number of aliphatic carboxylic acids is 1. The molecular formula is C12H20N6O7. The Balaban J connectivity index is 2.76. The monoisotopic (exact) mass is 360 g/mol. The zero-order valence-electron chi connectivity index (χ0n) is 13.2. The highest BCUT2D eigenvalue weighted by molar-refractivity contribution is 5.83. The predicted octanol–water partition coefficient (Wildman–Crippen LogP) is -2.89. The van der Waals surface area contributed by atoms with Gasteiger partial charge in [0.2, 0.25) is 17.7 Å². The van der Waals surface area contributed by atoms with Crippen LogP contribution in [-0.4, -0.2) is 62.2 Å². The van der Waals surface area contributed by atoms with E-state index in [-0.39, 0.29) is 18.2 Å². The minimum Gasteiger partial charge on any atom is -0.480 e. The van der Waals surface area contributed by atoms with Gasteiger partial charge in [-0.25, -0.2) is 9.59 Å². The number of nitrogens with two attached hydrogens (primary N) is 2. The number of aliphatic hydroxyl groups excluding tert-OH is 2. The van der Waals surface area contributed by atoms with Gasteiger partial charge >= 0.3 is 12.0 Å². The lowest BCUT2D eigenvalue weighted by Gasteiger charge is -2.19. The highest BCUT2D eigenvalue weighted by Crippen LogP contribution is 2.16. The maximum Gasteiger partial charge on any atom is 0.328 e. The van der Waals surface area contributed by atoms with Crippen molar-refractivity contribution in [2.45, 2.75) is 37.6 Å². The van der Waals surface area contributed by atoms with Crippen molar-refractivity contribution >= 4 is 17.9 Å². The van der Waals surface area contributed by atoms with Gasteiger partial charge in [0.05, 0.1) is 25.2 Å². The largest absolute Gasteiger partial charge is 0.480 e. The van der Waals surface area contributed by atoms with Crippen LogP contribution >= 0.6 is 0 Å². The fourth-order valence-electron chi connectivity index (χ4n) is 1.76. The second kappa shape index (κ2) is 8.91. The Kier molecular flexibility index (Phi) is 7.22. The molecule has 0 radical (unpaired) electrons. The standard InChI is InChI=1S/C12H20N6O7/c1-4(20)8(11(22)23)16-12(24)15-6(3-19)10-18-17-9(25-10)5(13)2-7(14)21/h4-6,8,19-20H,2-3,13H2,1H3,(H2,14,21)(H,22,23)(H2,15,16,24). The summed E-state index contributed by atoms with van der Waals surface area (Å²) in [7, 11) is 0. The molecule has 25 heavy (non-hydrogen) atoms. The van der Waals surface area contributed by atoms with Crippen molar-refractivity contribution in [3.8, 4) is 0 Å². The number of carboxylic acids is 1. The van der Waals surface area contributed by atoms with E-state index in [2.05, 4.69) is 15.5 Å². The molecule has 9 N–H and O–H groups in total. The molecule has 0 saturated carbocycles. The maximum absolute atomic E-state index is 11.8. The van der Waals surface area contributed by atoms with Crippen LogP contribution in [0.25, 0.3) is 0 Å². The molecule has 0 aliphatic heterocycles. The number of aliphatic hydroxyl groups is 2. The molecule has 4 atom stereocenters. The summed E-state index contributed by atoms with van der Waals surface area (Å²) in [5.74, 6) is -2.46. The number of amides is 3. The molecule has 13 heteroatoms. The van der Waals surface area contributed by atoms with Crippen LogP contribution in [0.1, 0.15) is 37.2 Å². The zero-order chi connectivity index (χ0) is 19.1. The fraction of sp³-hybridized carbons (Fsp3) is 0.583. The molecule has 3 amide bonds. The second-order valence-electron chi connectivity index (χ2n) is 5.16. The number of nitrogens with one attached hydrogen (secondary N) is 2. The van der Waals surface area contributed by atoms with Crippen LogP contribution in [0, 0.1) is 0 Å². The maximum atomic E-state index is 11.8. The lowest BCUT2D eigenvalue weighted by molar-refractivity contribution is -0.141. The molecule has 1 heterocycles. The fourth-order valence-corrected chi connectivity index (χ4v) is 1.76. The number of hydrogen-bond acceptors (Lipinski definition) is 9. The summed E-state index contributed by atoms with van der Waals surface area (Å²) in [6, 6.07) is -4.65. The molecule has 140 valence electrons. The Labute approximate surface area is 141 Å². The summed E-state index contributed by atoms with van der Waals surface area (Å²) in [5.41, 5.74) is 10.6. The molecule has 0 fully saturated rings. The van der Waals surface area contributed by atoms with Crippen LogP contribution < -0.4 is 22.1 Å². The molecular weight excluding hydrogens is 340 g/mol. The van der Waals surface area contributed by atoms with Crippen molar-refractivity contribution in [2.75, 3.05) is 6.61 Å². The van der Waals surface area contributed by atoms with Crippen LogP contribution in [-0.2, 0) is 9.59 Å². The third-order valence-corrected chi connectivity index (χ3v) is 3.02. The first-order valence-corrected chi connectivity index (χ1v) is 7.11. The van der Waals surface area contributed by atoms with E-state index in [1.165, 1.54) is 6.92 Å². The normalized spacial score (nSPS) is 15.7. The van der Waals surface area contributed by atoms with Gasteiger partial charge in [-0.1, -0.05) is 0 Å². The van der Waals surface area contributed by atoms with E-state index in [4.69, 9.17) is 21.0 Å². The number of carbonyl (C=O) groups excluding carboxylic acids is 2. The SMILES string of the molecule is CC(O)C(NC(=O)NC(CO)c1nnc(C(N)CC(N)=O)o1)C(=O)O. The molecule has 0 aliphatic carbocycles. The van der Waals surface area contributed by atoms with E-state index in [9.17, 15) is 24.6 Å². The zero-order valence-corrected chi connectivity index (χ0v) is 13.2. The molecule has 4 unspecified atom stereocenters. The number of carboxylic acid groups (broad SMARTS) is 1. The quantitative estimate of drug-likeness (QED) is 0.238. The minimum absolute atomic E-state index is 0.123. The summed E-state index contributed by atoms with van der Waals surface area (Å²) in [6.45, 7) is 0.541. The van der Waals surface area contributed by atoms with Gasteiger partial charge in [0.15, 0.2) is 6.04 Å². The van der Waals surface area contributed by atoms with E-state index in [1.807, 2.05) is 5.32 Å². The molecule has 0 bridgehead atoms. The molecule has 0 saturated heterocycles. The van der Waals surface area contributed by atoms with Gasteiger partial charge < -0.3 is 41.8 Å². The van der Waals surface area contributed by atoms with Gasteiger partial charge in [0.25, 0.3) is 0 Å². The average molecular weight is 360 g/mol. The number of rotatable bonds is 9. The van der Waals surface area contributed by atoms with Gasteiger partial charge in [0, 0.05) is 0 Å². The van der Waals surface area contributed by atoms with Gasteiger partial charge in [-0.2, -0.15) is 0 Å². The minimum atomic E-state index is -1.55. The van der Waals surface area contributed by atoms with Gasteiger partial charge in [-0.05, 0) is 6.92 Å². The molecule has 1 aromatic rings.